The molecule has 2 N–H and O–H groups in total. The van der Waals surface area contributed by atoms with E-state index in [9.17, 15) is 22.8 Å². The molecule has 3 aromatic carbocycles. The molecule has 5 nitrogen and oxygen atoms in total. The maximum atomic E-state index is 14.3. The maximum absolute atomic E-state index is 14.3. The lowest BCUT2D eigenvalue weighted by molar-refractivity contribution is -0.138. The Balaban J connectivity index is 1.87. The molecule has 0 fully saturated rings. The van der Waals surface area contributed by atoms with Gasteiger partial charge in [0.05, 0.1) is 12.0 Å². The molecular weight excluding hydrogens is 543 g/mol. The van der Waals surface area contributed by atoms with E-state index >= 15 is 0 Å². The van der Waals surface area contributed by atoms with Crippen LogP contribution in [-0.2, 0) is 16.4 Å². The fraction of sp³-hybridized carbons (Fsp3) is 0.412. The molecule has 3 aromatic rings. The summed E-state index contributed by atoms with van der Waals surface area (Å²) in [6.07, 6.45) is -0.779. The number of halogens is 3. The van der Waals surface area contributed by atoms with Crippen LogP contribution in [0.3, 0.4) is 0 Å². The summed E-state index contributed by atoms with van der Waals surface area (Å²) in [4.78, 5) is 23.0. The molecule has 1 unspecified atom stereocenters. The largest absolute Gasteiger partial charge is 0.486 e. The van der Waals surface area contributed by atoms with Gasteiger partial charge in [0, 0.05) is 12.1 Å². The number of alkyl halides is 3. The molecule has 0 bridgehead atoms. The first-order chi connectivity index (χ1) is 19.8. The van der Waals surface area contributed by atoms with Crippen LogP contribution in [0.2, 0.25) is 0 Å². The van der Waals surface area contributed by atoms with Crippen LogP contribution in [0.5, 0.6) is 5.75 Å². The van der Waals surface area contributed by atoms with Crippen molar-refractivity contribution >= 4 is 11.9 Å². The van der Waals surface area contributed by atoms with Crippen LogP contribution < -0.4 is 10.1 Å². The highest BCUT2D eigenvalue weighted by atomic mass is 19.4. The van der Waals surface area contributed by atoms with Crippen LogP contribution in [-0.4, -0.2) is 23.5 Å². The first-order valence-electron chi connectivity index (χ1n) is 14.4. The minimum atomic E-state index is -4.58. The zero-order valence-corrected chi connectivity index (χ0v) is 24.7. The average molecular weight is 584 g/mol. The molecule has 0 aliphatic heterocycles. The molecule has 3 rings (SSSR count). The summed E-state index contributed by atoms with van der Waals surface area (Å²) in [6.45, 7) is 8.28. The Hall–Kier alpha value is -3.81. The van der Waals surface area contributed by atoms with Gasteiger partial charge in [-0.15, -0.1) is 0 Å². The van der Waals surface area contributed by atoms with Gasteiger partial charge in [0.15, 0.2) is 0 Å². The van der Waals surface area contributed by atoms with Gasteiger partial charge in [0.2, 0.25) is 0 Å². The highest BCUT2D eigenvalue weighted by Crippen LogP contribution is 2.40. The number of benzene rings is 3. The molecule has 0 saturated carbocycles. The zero-order valence-electron chi connectivity index (χ0n) is 24.7. The van der Waals surface area contributed by atoms with E-state index in [1.54, 1.807) is 42.5 Å². The van der Waals surface area contributed by atoms with Crippen LogP contribution in [0.4, 0.5) is 13.2 Å². The molecule has 0 aliphatic rings. The zero-order chi connectivity index (χ0) is 30.9. The van der Waals surface area contributed by atoms with E-state index in [-0.39, 0.29) is 29.7 Å². The van der Waals surface area contributed by atoms with E-state index in [4.69, 9.17) is 9.84 Å². The third-order valence-corrected chi connectivity index (χ3v) is 7.13. The van der Waals surface area contributed by atoms with Gasteiger partial charge < -0.3 is 15.2 Å². The number of hydrogen-bond donors (Lipinski definition) is 2. The predicted octanol–water partition coefficient (Wildman–Crippen LogP) is 8.96. The molecule has 226 valence electrons. The monoisotopic (exact) mass is 583 g/mol. The molecule has 0 spiro atoms. The molecule has 1 atom stereocenters. The van der Waals surface area contributed by atoms with Gasteiger partial charge in [-0.1, -0.05) is 89.4 Å². The van der Waals surface area contributed by atoms with Crippen LogP contribution in [0.15, 0.2) is 66.7 Å². The van der Waals surface area contributed by atoms with Crippen LogP contribution in [0.1, 0.15) is 99.4 Å². The number of carboxylic acids is 1. The summed E-state index contributed by atoms with van der Waals surface area (Å²) < 4.78 is 49.0. The van der Waals surface area contributed by atoms with Crippen LogP contribution in [0, 0.1) is 0 Å². The van der Waals surface area contributed by atoms with Gasteiger partial charge in [0.1, 0.15) is 11.9 Å². The lowest BCUT2D eigenvalue weighted by Crippen LogP contribution is -2.26. The fourth-order valence-electron chi connectivity index (χ4n) is 4.68. The average Bonchev–Trinajstić information content (AvgIpc) is 2.93. The highest BCUT2D eigenvalue weighted by molar-refractivity contribution is 5.94. The molecule has 0 aromatic heterocycles. The van der Waals surface area contributed by atoms with Crippen molar-refractivity contribution in [3.8, 4) is 16.9 Å². The maximum Gasteiger partial charge on any atom is 0.417 e. The summed E-state index contributed by atoms with van der Waals surface area (Å²) in [5, 5.41) is 11.3. The Labute approximate surface area is 246 Å². The Kier molecular flexibility index (Phi) is 11.2. The minimum Gasteiger partial charge on any atom is -0.486 e. The van der Waals surface area contributed by atoms with Crippen molar-refractivity contribution in [1.82, 2.24) is 5.32 Å². The molecular formula is C34H40F3NO4. The SMILES string of the molecule is CCCCCCC(Oc1ccc(-c2ccc(C(C)(C)C)cc2)c(C(F)(F)F)c1)c1ccc(C(=O)NCCC(=O)O)cc1. The van der Waals surface area contributed by atoms with Crippen LogP contribution in [0.25, 0.3) is 11.1 Å². The summed E-state index contributed by atoms with van der Waals surface area (Å²) in [7, 11) is 0. The Morgan fingerprint density at radius 1 is 0.905 bits per heavy atom. The van der Waals surface area contributed by atoms with E-state index in [1.165, 1.54) is 6.07 Å². The standard InChI is InChI=1S/C34H40F3NO4/c1-5-6-7-8-9-30(24-10-12-25(13-11-24)32(41)38-21-20-31(39)40)42-27-18-19-28(29(22-27)34(35,36)37)23-14-16-26(17-15-23)33(2,3)4/h10-19,22,30H,5-9,20-21H2,1-4H3,(H,38,41)(H,39,40). The number of ether oxygens (including phenoxy) is 1. The van der Waals surface area contributed by atoms with E-state index in [1.807, 2.05) is 12.1 Å². The Morgan fingerprint density at radius 3 is 2.14 bits per heavy atom. The molecule has 8 heteroatoms. The van der Waals surface area contributed by atoms with E-state index in [2.05, 4.69) is 33.0 Å². The number of hydrogen-bond acceptors (Lipinski definition) is 3. The van der Waals surface area contributed by atoms with Crippen molar-refractivity contribution in [3.05, 3.63) is 89.0 Å². The number of rotatable bonds is 13. The van der Waals surface area contributed by atoms with Crippen LogP contribution >= 0.6 is 0 Å². The quantitative estimate of drug-likeness (QED) is 0.197. The van der Waals surface area contributed by atoms with Crippen molar-refractivity contribution in [1.29, 1.82) is 0 Å². The number of unbranched alkanes of at least 4 members (excludes halogenated alkanes) is 3. The van der Waals surface area contributed by atoms with Crippen molar-refractivity contribution in [2.24, 2.45) is 0 Å². The molecule has 0 aliphatic carbocycles. The number of carbonyl (C=O) groups is 2. The van der Waals surface area contributed by atoms with E-state index in [0.717, 1.165) is 42.9 Å². The topological polar surface area (TPSA) is 75.6 Å². The van der Waals surface area contributed by atoms with E-state index in [0.29, 0.717) is 17.5 Å². The van der Waals surface area contributed by atoms with Crippen molar-refractivity contribution in [2.45, 2.75) is 83.9 Å². The first kappa shape index (κ1) is 32.7. The number of amides is 1. The van der Waals surface area contributed by atoms with Crippen molar-refractivity contribution in [2.75, 3.05) is 6.54 Å². The summed E-state index contributed by atoms with van der Waals surface area (Å²) >= 11 is 0. The number of nitrogens with one attached hydrogen (secondary N) is 1. The van der Waals surface area contributed by atoms with Crippen molar-refractivity contribution < 1.29 is 32.6 Å². The van der Waals surface area contributed by atoms with Gasteiger partial charge in [-0.3, -0.25) is 9.59 Å². The summed E-state index contributed by atoms with van der Waals surface area (Å²) in [5.74, 6) is -1.29. The molecule has 1 amide bonds. The van der Waals surface area contributed by atoms with Crippen molar-refractivity contribution in [3.63, 3.8) is 0 Å². The normalized spacial score (nSPS) is 12.5. The minimum absolute atomic E-state index is 0.0113. The molecule has 0 radical (unpaired) electrons. The van der Waals surface area contributed by atoms with E-state index < -0.39 is 29.7 Å². The smallest absolute Gasteiger partial charge is 0.417 e. The lowest BCUT2D eigenvalue weighted by Gasteiger charge is -2.22. The first-order valence-corrected chi connectivity index (χ1v) is 14.4. The van der Waals surface area contributed by atoms with Gasteiger partial charge in [-0.2, -0.15) is 13.2 Å². The highest BCUT2D eigenvalue weighted by Gasteiger charge is 2.34. The van der Waals surface area contributed by atoms with Gasteiger partial charge in [-0.25, -0.2) is 0 Å². The molecule has 42 heavy (non-hydrogen) atoms. The third kappa shape index (κ3) is 9.36. The number of carbonyl (C=O) groups excluding carboxylic acids is 1. The van der Waals surface area contributed by atoms with Gasteiger partial charge in [0.25, 0.3) is 5.91 Å². The Morgan fingerprint density at radius 2 is 1.57 bits per heavy atom. The van der Waals surface area contributed by atoms with Gasteiger partial charge >= 0.3 is 12.1 Å². The molecule has 0 saturated heterocycles. The number of aliphatic carboxylic acids is 1. The third-order valence-electron chi connectivity index (χ3n) is 7.13. The second-order valence-corrected chi connectivity index (χ2v) is 11.5. The lowest BCUT2D eigenvalue weighted by atomic mass is 9.86. The predicted molar refractivity (Wildman–Crippen MR) is 159 cm³/mol. The summed E-state index contributed by atoms with van der Waals surface area (Å²) in [5.41, 5.74) is 1.83. The Bertz CT molecular complexity index is 1330. The number of carboxylic acid groups (broad SMARTS) is 1. The van der Waals surface area contributed by atoms with Gasteiger partial charge in [-0.05, 0) is 64.8 Å². The molecule has 0 heterocycles. The second-order valence-electron chi connectivity index (χ2n) is 11.5. The summed E-state index contributed by atoms with van der Waals surface area (Å²) in [6, 6.07) is 18.0. The second kappa shape index (κ2) is 14.4. The fourth-order valence-corrected chi connectivity index (χ4v) is 4.68.